The second kappa shape index (κ2) is 7.49. The Morgan fingerprint density at radius 2 is 1.96 bits per heavy atom. The Morgan fingerprint density at radius 1 is 1.22 bits per heavy atom. The molecule has 2 aromatic carbocycles. The number of hydrazone groups is 1. The Bertz CT molecular complexity index is 882. The molecule has 1 atom stereocenters. The molecule has 2 N–H and O–H groups in total. The Labute approximate surface area is 157 Å². The second-order valence-electron chi connectivity index (χ2n) is 6.54. The number of ether oxygens (including phenoxy) is 1. The largest absolute Gasteiger partial charge is 0.504 e. The first kappa shape index (κ1) is 18.4. The van der Waals surface area contributed by atoms with Crippen LogP contribution in [0.3, 0.4) is 0 Å². The van der Waals surface area contributed by atoms with Gasteiger partial charge in [0.25, 0.3) is 5.91 Å². The van der Waals surface area contributed by atoms with Crippen LogP contribution in [0, 0.1) is 0 Å². The average Bonchev–Trinajstić information content (AvgIpc) is 2.88. The number of nitrogens with zero attached hydrogens (tertiary/aromatic N) is 2. The van der Waals surface area contributed by atoms with Crippen molar-refractivity contribution in [2.24, 2.45) is 5.10 Å². The quantitative estimate of drug-likeness (QED) is 0.607. The zero-order valence-electron chi connectivity index (χ0n) is 15.2. The minimum atomic E-state index is -1.01. The van der Waals surface area contributed by atoms with E-state index in [4.69, 9.17) is 4.74 Å². The Morgan fingerprint density at radius 3 is 2.63 bits per heavy atom. The van der Waals surface area contributed by atoms with Crippen molar-refractivity contribution >= 4 is 18.2 Å². The molecule has 0 aliphatic carbocycles. The van der Waals surface area contributed by atoms with Gasteiger partial charge in [-0.3, -0.25) is 4.79 Å². The number of hydrogen-bond donors (Lipinski definition) is 2. The van der Waals surface area contributed by atoms with Crippen LogP contribution < -0.4 is 10.1 Å². The van der Waals surface area contributed by atoms with Crippen molar-refractivity contribution in [3.8, 4) is 11.5 Å². The predicted molar refractivity (Wildman–Crippen MR) is 101 cm³/mol. The topological polar surface area (TPSA) is 91.2 Å². The number of amides is 3. The van der Waals surface area contributed by atoms with Crippen LogP contribution in [-0.4, -0.2) is 40.9 Å². The molecule has 3 rings (SSSR count). The summed E-state index contributed by atoms with van der Waals surface area (Å²) >= 11 is 0. The Hall–Kier alpha value is -3.35. The molecule has 3 amide bonds. The molecule has 1 saturated heterocycles. The first-order valence-electron chi connectivity index (χ1n) is 8.54. The van der Waals surface area contributed by atoms with Crippen molar-refractivity contribution in [3.05, 3.63) is 59.7 Å². The standard InChI is InChI=1S/C20H21N3O4/c1-20(11-10-14-6-4-3-5-7-14)18(25)23(19(26)22-20)21-13-15-8-9-17(27-2)16(24)12-15/h3-9,12-13,24H,10-11H2,1-2H3,(H,22,26)/b21-13-/t20-/m1/s1. The summed E-state index contributed by atoms with van der Waals surface area (Å²) in [6, 6.07) is 13.9. The van der Waals surface area contributed by atoms with E-state index in [0.29, 0.717) is 24.2 Å². The van der Waals surface area contributed by atoms with Crippen LogP contribution >= 0.6 is 0 Å². The fourth-order valence-corrected chi connectivity index (χ4v) is 2.89. The monoisotopic (exact) mass is 367 g/mol. The van der Waals surface area contributed by atoms with Crippen LogP contribution in [0.15, 0.2) is 53.6 Å². The van der Waals surface area contributed by atoms with E-state index >= 15 is 0 Å². The van der Waals surface area contributed by atoms with Crippen molar-refractivity contribution in [1.29, 1.82) is 0 Å². The Kier molecular flexibility index (Phi) is 5.12. The molecule has 1 fully saturated rings. The van der Waals surface area contributed by atoms with Crippen molar-refractivity contribution in [1.82, 2.24) is 10.3 Å². The van der Waals surface area contributed by atoms with Gasteiger partial charge in [-0.05, 0) is 49.1 Å². The van der Waals surface area contributed by atoms with Crippen LogP contribution in [0.1, 0.15) is 24.5 Å². The molecule has 0 radical (unpaired) electrons. The maximum atomic E-state index is 12.7. The van der Waals surface area contributed by atoms with Crippen molar-refractivity contribution in [2.75, 3.05) is 7.11 Å². The number of rotatable bonds is 6. The summed E-state index contributed by atoms with van der Waals surface area (Å²) in [6.07, 6.45) is 2.48. The van der Waals surface area contributed by atoms with Crippen LogP contribution in [0.2, 0.25) is 0 Å². The van der Waals surface area contributed by atoms with E-state index < -0.39 is 17.5 Å². The van der Waals surface area contributed by atoms with E-state index in [0.717, 1.165) is 10.6 Å². The van der Waals surface area contributed by atoms with E-state index in [-0.39, 0.29) is 5.75 Å². The van der Waals surface area contributed by atoms with Crippen LogP contribution in [-0.2, 0) is 11.2 Å². The molecule has 0 saturated carbocycles. The normalized spacial score (nSPS) is 19.6. The predicted octanol–water partition coefficient (Wildman–Crippen LogP) is 2.68. The number of aromatic hydroxyl groups is 1. The number of aryl methyl sites for hydroxylation is 1. The van der Waals surface area contributed by atoms with Gasteiger partial charge in [0.15, 0.2) is 11.5 Å². The lowest BCUT2D eigenvalue weighted by molar-refractivity contribution is -0.130. The summed E-state index contributed by atoms with van der Waals surface area (Å²) in [7, 11) is 1.45. The van der Waals surface area contributed by atoms with Gasteiger partial charge in [-0.1, -0.05) is 30.3 Å². The van der Waals surface area contributed by atoms with Gasteiger partial charge in [0, 0.05) is 0 Å². The van der Waals surface area contributed by atoms with Crippen molar-refractivity contribution in [2.45, 2.75) is 25.3 Å². The van der Waals surface area contributed by atoms with Crippen molar-refractivity contribution < 1.29 is 19.4 Å². The van der Waals surface area contributed by atoms with Gasteiger partial charge in [-0.15, -0.1) is 5.01 Å². The van der Waals surface area contributed by atoms with Gasteiger partial charge in [0.1, 0.15) is 5.54 Å². The number of phenols is 1. The van der Waals surface area contributed by atoms with E-state index in [2.05, 4.69) is 10.4 Å². The summed E-state index contributed by atoms with van der Waals surface area (Å²) in [5.74, 6) is -0.126. The van der Waals surface area contributed by atoms with Crippen LogP contribution in [0.25, 0.3) is 0 Å². The van der Waals surface area contributed by atoms with E-state index in [9.17, 15) is 14.7 Å². The minimum Gasteiger partial charge on any atom is -0.504 e. The molecule has 1 aliphatic heterocycles. The van der Waals surface area contributed by atoms with Crippen LogP contribution in [0.5, 0.6) is 11.5 Å². The third kappa shape index (κ3) is 3.92. The third-order valence-corrected chi connectivity index (χ3v) is 4.52. The number of carbonyl (C=O) groups excluding carboxylic acids is 2. The summed E-state index contributed by atoms with van der Waals surface area (Å²) in [4.78, 5) is 24.9. The molecule has 1 aliphatic rings. The average molecular weight is 367 g/mol. The molecule has 7 heteroatoms. The molecule has 27 heavy (non-hydrogen) atoms. The van der Waals surface area contributed by atoms with Gasteiger partial charge in [-0.25, -0.2) is 4.79 Å². The number of carbonyl (C=O) groups is 2. The second-order valence-corrected chi connectivity index (χ2v) is 6.54. The smallest absolute Gasteiger partial charge is 0.346 e. The maximum Gasteiger partial charge on any atom is 0.346 e. The molecule has 1 heterocycles. The maximum absolute atomic E-state index is 12.7. The summed E-state index contributed by atoms with van der Waals surface area (Å²) in [5.41, 5.74) is 0.620. The van der Waals surface area contributed by atoms with Gasteiger partial charge < -0.3 is 15.2 Å². The minimum absolute atomic E-state index is 0.0497. The summed E-state index contributed by atoms with van der Waals surface area (Å²) in [6.45, 7) is 1.70. The molecule has 0 spiro atoms. The first-order chi connectivity index (χ1) is 12.9. The number of nitrogens with one attached hydrogen (secondary N) is 1. The SMILES string of the molecule is COc1ccc(/C=N\N2C(=O)N[C@](C)(CCc3ccccc3)C2=O)cc1O. The highest BCUT2D eigenvalue weighted by atomic mass is 16.5. The van der Waals surface area contributed by atoms with E-state index in [1.807, 2.05) is 30.3 Å². The van der Waals surface area contributed by atoms with Crippen molar-refractivity contribution in [3.63, 3.8) is 0 Å². The number of methoxy groups -OCH3 is 1. The molecule has 0 bridgehead atoms. The van der Waals surface area contributed by atoms with Gasteiger partial charge in [0.2, 0.25) is 0 Å². The number of imide groups is 1. The number of urea groups is 1. The molecule has 2 aromatic rings. The summed E-state index contributed by atoms with van der Waals surface area (Å²) < 4.78 is 4.98. The lowest BCUT2D eigenvalue weighted by Gasteiger charge is -2.20. The highest BCUT2D eigenvalue weighted by molar-refractivity contribution is 6.07. The number of benzene rings is 2. The first-order valence-corrected chi connectivity index (χ1v) is 8.54. The highest BCUT2D eigenvalue weighted by Gasteiger charge is 2.47. The van der Waals surface area contributed by atoms with Gasteiger partial charge in [0.05, 0.1) is 13.3 Å². The zero-order chi connectivity index (χ0) is 19.4. The third-order valence-electron chi connectivity index (χ3n) is 4.52. The number of phenolic OH excluding ortho intramolecular Hbond substituents is 1. The summed E-state index contributed by atoms with van der Waals surface area (Å²) in [5, 5.41) is 17.3. The molecule has 7 nitrogen and oxygen atoms in total. The molecular formula is C20H21N3O4. The molecular weight excluding hydrogens is 346 g/mol. The zero-order valence-corrected chi connectivity index (χ0v) is 15.2. The lowest BCUT2D eigenvalue weighted by Crippen LogP contribution is -2.44. The fraction of sp³-hybridized carbons (Fsp3) is 0.250. The van der Waals surface area contributed by atoms with E-state index in [1.54, 1.807) is 19.1 Å². The Balaban J connectivity index is 1.70. The lowest BCUT2D eigenvalue weighted by atomic mass is 9.93. The van der Waals surface area contributed by atoms with Gasteiger partial charge >= 0.3 is 6.03 Å². The van der Waals surface area contributed by atoms with E-state index in [1.165, 1.54) is 19.4 Å². The van der Waals surface area contributed by atoms with Crippen LogP contribution in [0.4, 0.5) is 4.79 Å². The van der Waals surface area contributed by atoms with Gasteiger partial charge in [-0.2, -0.15) is 5.10 Å². The molecule has 140 valence electrons. The highest BCUT2D eigenvalue weighted by Crippen LogP contribution is 2.26. The fourth-order valence-electron chi connectivity index (χ4n) is 2.89. The molecule has 0 aromatic heterocycles. The molecule has 0 unspecified atom stereocenters. The number of hydrogen-bond acceptors (Lipinski definition) is 5.